The number of hydrogen-bond donors (Lipinski definition) is 2. The molecule has 0 radical (unpaired) electrons. The first-order chi connectivity index (χ1) is 20.7. The molecule has 1 aromatic heterocycles. The lowest BCUT2D eigenvalue weighted by molar-refractivity contribution is -0.274. The van der Waals surface area contributed by atoms with E-state index in [-0.39, 0.29) is 23.1 Å². The number of alkyl halides is 3. The highest BCUT2D eigenvalue weighted by molar-refractivity contribution is 6.07. The van der Waals surface area contributed by atoms with Gasteiger partial charge in [0.2, 0.25) is 5.95 Å². The van der Waals surface area contributed by atoms with E-state index in [1.165, 1.54) is 18.2 Å². The predicted octanol–water partition coefficient (Wildman–Crippen LogP) is 5.25. The zero-order valence-electron chi connectivity index (χ0n) is 24.2. The number of nitrogens with zero attached hydrogens (tertiary/aromatic N) is 4. The summed E-state index contributed by atoms with van der Waals surface area (Å²) in [5, 5.41) is 5.97. The van der Waals surface area contributed by atoms with Gasteiger partial charge in [0.05, 0.1) is 11.9 Å². The molecule has 6 rings (SSSR count). The van der Waals surface area contributed by atoms with Gasteiger partial charge in [-0.05, 0) is 56.2 Å². The smallest absolute Gasteiger partial charge is 0.444 e. The van der Waals surface area contributed by atoms with E-state index in [0.717, 1.165) is 17.3 Å². The number of ether oxygens (including phenoxy) is 2. The van der Waals surface area contributed by atoms with E-state index in [1.54, 1.807) is 43.9 Å². The maximum Gasteiger partial charge on any atom is 0.573 e. The van der Waals surface area contributed by atoms with E-state index < -0.39 is 35.2 Å². The second kappa shape index (κ2) is 10.6. The van der Waals surface area contributed by atoms with Crippen molar-refractivity contribution in [1.82, 2.24) is 20.2 Å². The van der Waals surface area contributed by atoms with E-state index in [2.05, 4.69) is 25.3 Å². The molecule has 2 fully saturated rings. The van der Waals surface area contributed by atoms with Gasteiger partial charge in [0.15, 0.2) is 17.3 Å². The zero-order valence-corrected chi connectivity index (χ0v) is 24.2. The minimum Gasteiger partial charge on any atom is -0.444 e. The molecular formula is C30H30F4N6O4. The van der Waals surface area contributed by atoms with Crippen molar-refractivity contribution in [2.75, 3.05) is 36.4 Å². The first-order valence-electron chi connectivity index (χ1n) is 14.1. The zero-order chi connectivity index (χ0) is 31.4. The third-order valence-corrected chi connectivity index (χ3v) is 7.67. The van der Waals surface area contributed by atoms with Crippen LogP contribution in [0, 0.1) is 5.82 Å². The summed E-state index contributed by atoms with van der Waals surface area (Å²) < 4.78 is 64.4. The van der Waals surface area contributed by atoms with E-state index in [4.69, 9.17) is 4.74 Å². The van der Waals surface area contributed by atoms with E-state index in [9.17, 15) is 27.2 Å². The van der Waals surface area contributed by atoms with Crippen LogP contribution >= 0.6 is 0 Å². The first-order valence-corrected chi connectivity index (χ1v) is 14.1. The number of aromatic nitrogens is 2. The van der Waals surface area contributed by atoms with Gasteiger partial charge >= 0.3 is 12.5 Å². The number of piperazine rings is 1. The lowest BCUT2D eigenvalue weighted by atomic mass is 9.99. The van der Waals surface area contributed by atoms with E-state index in [0.29, 0.717) is 50.4 Å². The number of hydrogen-bond acceptors (Lipinski definition) is 9. The Kier molecular flexibility index (Phi) is 7.14. The summed E-state index contributed by atoms with van der Waals surface area (Å²) in [5.41, 5.74) is 1.29. The van der Waals surface area contributed by atoms with Crippen LogP contribution < -0.4 is 20.3 Å². The molecule has 1 spiro atoms. The lowest BCUT2D eigenvalue weighted by Gasteiger charge is -2.37. The number of Topliss-reactive ketones (excluding diaryl/α,β-unsaturated/α-hetero) is 1. The van der Waals surface area contributed by atoms with Crippen molar-refractivity contribution in [3.05, 3.63) is 59.5 Å². The Balaban J connectivity index is 1.24. The number of anilines is 3. The Morgan fingerprint density at radius 3 is 2.45 bits per heavy atom. The van der Waals surface area contributed by atoms with Crippen LogP contribution in [0.3, 0.4) is 0 Å². The minimum absolute atomic E-state index is 0.0546. The lowest BCUT2D eigenvalue weighted by Crippen LogP contribution is -2.50. The number of benzene rings is 2. The highest BCUT2D eigenvalue weighted by atomic mass is 19.4. The Morgan fingerprint density at radius 1 is 1.07 bits per heavy atom. The number of carbonyl (C=O) groups is 2. The molecular weight excluding hydrogens is 584 g/mol. The molecule has 44 heavy (non-hydrogen) atoms. The van der Waals surface area contributed by atoms with Crippen LogP contribution in [-0.4, -0.2) is 64.9 Å². The van der Waals surface area contributed by atoms with Crippen LogP contribution in [0.15, 0.2) is 42.6 Å². The molecule has 1 aliphatic carbocycles. The molecule has 3 aromatic rings. The highest BCUT2D eigenvalue weighted by Gasteiger charge is 2.58. The van der Waals surface area contributed by atoms with Crippen molar-refractivity contribution in [2.45, 2.75) is 51.2 Å². The largest absolute Gasteiger partial charge is 0.573 e. The summed E-state index contributed by atoms with van der Waals surface area (Å²) in [6, 6.07) is 9.30. The normalized spacial score (nSPS) is 19.7. The SMILES string of the molecule is CC(C)(C)OC(=O)N1CCN(c2ccc(OC(F)(F)F)c(Nc3ncc(F)c(-c4ccc5c(c4)CNC54CC4=O)n3)c2)CC1. The molecule has 2 aliphatic heterocycles. The van der Waals surface area contributed by atoms with Gasteiger partial charge in [0.25, 0.3) is 0 Å². The summed E-state index contributed by atoms with van der Waals surface area (Å²) in [4.78, 5) is 36.1. The van der Waals surface area contributed by atoms with E-state index in [1.807, 2.05) is 4.90 Å². The molecule has 1 saturated carbocycles. The summed E-state index contributed by atoms with van der Waals surface area (Å²) in [7, 11) is 0. The van der Waals surface area contributed by atoms with Crippen molar-refractivity contribution >= 4 is 29.2 Å². The number of fused-ring (bicyclic) bond motifs is 2. The van der Waals surface area contributed by atoms with Crippen LogP contribution in [0.1, 0.15) is 38.3 Å². The summed E-state index contributed by atoms with van der Waals surface area (Å²) >= 11 is 0. The van der Waals surface area contributed by atoms with Gasteiger partial charge in [0, 0.05) is 50.4 Å². The molecule has 1 atom stereocenters. The average molecular weight is 615 g/mol. The van der Waals surface area contributed by atoms with Crippen LogP contribution in [-0.2, 0) is 21.6 Å². The molecule has 1 amide bonds. The number of carbonyl (C=O) groups excluding carboxylic acids is 2. The van der Waals surface area contributed by atoms with Crippen LogP contribution in [0.25, 0.3) is 11.3 Å². The predicted molar refractivity (Wildman–Crippen MR) is 152 cm³/mol. The first kappa shape index (κ1) is 29.6. The van der Waals surface area contributed by atoms with Gasteiger partial charge < -0.3 is 24.6 Å². The van der Waals surface area contributed by atoms with Crippen LogP contribution in [0.5, 0.6) is 5.75 Å². The fraction of sp³-hybridized carbons (Fsp3) is 0.400. The average Bonchev–Trinajstić information content (AvgIpc) is 3.47. The van der Waals surface area contributed by atoms with Gasteiger partial charge in [-0.15, -0.1) is 13.2 Å². The Morgan fingerprint density at radius 2 is 1.80 bits per heavy atom. The van der Waals surface area contributed by atoms with Gasteiger partial charge in [0.1, 0.15) is 16.8 Å². The molecule has 1 saturated heterocycles. The summed E-state index contributed by atoms with van der Waals surface area (Å²) in [5.74, 6) is -1.28. The number of ketones is 1. The third-order valence-electron chi connectivity index (χ3n) is 7.67. The molecule has 3 aliphatic rings. The molecule has 10 nitrogen and oxygen atoms in total. The summed E-state index contributed by atoms with van der Waals surface area (Å²) in [6.07, 6.45) is -4.05. The molecule has 3 heterocycles. The molecule has 14 heteroatoms. The number of amides is 1. The summed E-state index contributed by atoms with van der Waals surface area (Å²) in [6.45, 7) is 7.33. The minimum atomic E-state index is -4.97. The van der Waals surface area contributed by atoms with Gasteiger partial charge in [-0.3, -0.25) is 10.1 Å². The topological polar surface area (TPSA) is 109 Å². The van der Waals surface area contributed by atoms with Gasteiger partial charge in [-0.25, -0.2) is 19.2 Å². The van der Waals surface area contributed by atoms with Crippen LogP contribution in [0.2, 0.25) is 0 Å². The van der Waals surface area contributed by atoms with Crippen molar-refractivity contribution in [3.63, 3.8) is 0 Å². The molecule has 232 valence electrons. The third kappa shape index (κ3) is 5.98. The molecule has 0 bridgehead atoms. The van der Waals surface area contributed by atoms with Crippen molar-refractivity contribution < 1.29 is 36.6 Å². The van der Waals surface area contributed by atoms with Gasteiger partial charge in [-0.2, -0.15) is 0 Å². The van der Waals surface area contributed by atoms with Crippen molar-refractivity contribution in [2.24, 2.45) is 0 Å². The molecule has 2 aromatic carbocycles. The maximum absolute atomic E-state index is 14.9. The quantitative estimate of drug-likeness (QED) is 0.373. The Bertz CT molecular complexity index is 1630. The van der Waals surface area contributed by atoms with Crippen LogP contribution in [0.4, 0.5) is 39.7 Å². The van der Waals surface area contributed by atoms with Crippen molar-refractivity contribution in [1.29, 1.82) is 0 Å². The monoisotopic (exact) mass is 614 g/mol. The maximum atomic E-state index is 14.9. The number of halogens is 4. The fourth-order valence-corrected chi connectivity index (χ4v) is 5.50. The fourth-order valence-electron chi connectivity index (χ4n) is 5.50. The highest BCUT2D eigenvalue weighted by Crippen LogP contribution is 2.47. The number of rotatable bonds is 5. The second-order valence-corrected chi connectivity index (χ2v) is 11.9. The Hall–Kier alpha value is -4.46. The van der Waals surface area contributed by atoms with E-state index >= 15 is 0 Å². The van der Waals surface area contributed by atoms with Gasteiger partial charge in [-0.1, -0.05) is 12.1 Å². The molecule has 1 unspecified atom stereocenters. The standard InChI is InChI=1S/C30H30F4N6O4/c1-28(2,3)44-27(42)40-10-8-39(9-11-40)19-5-7-23(43-30(32,33)34)22(13-19)37-26-35-16-21(31)25(38-26)17-4-6-20-18(12-17)15-36-29(20)14-24(29)41/h4-7,12-13,16,36H,8-11,14-15H2,1-3H3,(H,35,37,38). The Labute approximate surface area is 250 Å². The van der Waals surface area contributed by atoms with Crippen molar-refractivity contribution in [3.8, 4) is 17.0 Å². The molecule has 2 N–H and O–H groups in total. The number of nitrogens with one attached hydrogen (secondary N) is 2. The second-order valence-electron chi connectivity index (χ2n) is 11.9.